The summed E-state index contributed by atoms with van der Waals surface area (Å²) in [4.78, 5) is 30.5. The molecule has 140 valence electrons. The van der Waals surface area contributed by atoms with Crippen LogP contribution in [0.5, 0.6) is 0 Å². The van der Waals surface area contributed by atoms with E-state index in [9.17, 15) is 9.59 Å². The Bertz CT molecular complexity index is 1030. The highest BCUT2D eigenvalue weighted by Crippen LogP contribution is 2.21. The Balaban J connectivity index is 1.45. The van der Waals surface area contributed by atoms with E-state index < -0.39 is 0 Å². The molecule has 0 saturated carbocycles. The molecule has 1 amide bonds. The van der Waals surface area contributed by atoms with Crippen molar-refractivity contribution in [2.24, 2.45) is 0 Å². The van der Waals surface area contributed by atoms with Crippen LogP contribution in [0, 0.1) is 0 Å². The molecule has 5 nitrogen and oxygen atoms in total. The molecular formula is C23H21N3O2. The SMILES string of the molecule is CC(=O)c1cccc(Nc2ccc(C(=O)N3CCc4ccccc4C3)nc2)c1. The predicted octanol–water partition coefficient (Wildman–Crippen LogP) is 4.23. The summed E-state index contributed by atoms with van der Waals surface area (Å²) in [6.45, 7) is 2.87. The first kappa shape index (κ1) is 17.9. The van der Waals surface area contributed by atoms with E-state index >= 15 is 0 Å². The normalized spacial score (nSPS) is 13.0. The lowest BCUT2D eigenvalue weighted by Gasteiger charge is -2.28. The summed E-state index contributed by atoms with van der Waals surface area (Å²) >= 11 is 0. The Kier molecular flexibility index (Phi) is 4.89. The van der Waals surface area contributed by atoms with Crippen LogP contribution >= 0.6 is 0 Å². The molecule has 0 fully saturated rings. The second-order valence-electron chi connectivity index (χ2n) is 6.94. The molecule has 1 N–H and O–H groups in total. The number of pyridine rings is 1. The van der Waals surface area contributed by atoms with E-state index in [2.05, 4.69) is 22.4 Å². The topological polar surface area (TPSA) is 62.3 Å². The summed E-state index contributed by atoms with van der Waals surface area (Å²) < 4.78 is 0. The Labute approximate surface area is 164 Å². The number of carbonyl (C=O) groups is 2. The number of aromatic nitrogens is 1. The number of hydrogen-bond donors (Lipinski definition) is 1. The van der Waals surface area contributed by atoms with Gasteiger partial charge in [0.15, 0.2) is 5.78 Å². The van der Waals surface area contributed by atoms with Crippen LogP contribution in [-0.2, 0) is 13.0 Å². The summed E-state index contributed by atoms with van der Waals surface area (Å²) in [5, 5.41) is 3.22. The first-order valence-corrected chi connectivity index (χ1v) is 9.30. The van der Waals surface area contributed by atoms with Crippen molar-refractivity contribution in [1.29, 1.82) is 0 Å². The minimum Gasteiger partial charge on any atom is -0.354 e. The van der Waals surface area contributed by atoms with Crippen molar-refractivity contribution in [1.82, 2.24) is 9.88 Å². The summed E-state index contributed by atoms with van der Waals surface area (Å²) in [5.41, 5.74) is 5.16. The number of carbonyl (C=O) groups excluding carboxylic acids is 2. The van der Waals surface area contributed by atoms with Crippen LogP contribution in [0.1, 0.15) is 38.9 Å². The van der Waals surface area contributed by atoms with E-state index in [4.69, 9.17) is 0 Å². The van der Waals surface area contributed by atoms with Gasteiger partial charge in [-0.2, -0.15) is 0 Å². The molecule has 0 atom stereocenters. The molecule has 1 aliphatic rings. The van der Waals surface area contributed by atoms with Gasteiger partial charge in [-0.1, -0.05) is 36.4 Å². The molecule has 0 unspecified atom stereocenters. The predicted molar refractivity (Wildman–Crippen MR) is 109 cm³/mol. The van der Waals surface area contributed by atoms with Crippen LogP contribution in [0.3, 0.4) is 0 Å². The van der Waals surface area contributed by atoms with E-state index in [1.54, 1.807) is 31.3 Å². The number of hydrogen-bond acceptors (Lipinski definition) is 4. The van der Waals surface area contributed by atoms with Crippen molar-refractivity contribution in [3.8, 4) is 0 Å². The number of anilines is 2. The number of nitrogens with zero attached hydrogens (tertiary/aromatic N) is 2. The van der Waals surface area contributed by atoms with Crippen molar-refractivity contribution < 1.29 is 9.59 Å². The maximum absolute atomic E-state index is 12.8. The molecule has 0 spiro atoms. The Morgan fingerprint density at radius 1 is 0.964 bits per heavy atom. The van der Waals surface area contributed by atoms with Crippen LogP contribution in [0.2, 0.25) is 0 Å². The zero-order valence-electron chi connectivity index (χ0n) is 15.7. The van der Waals surface area contributed by atoms with Crippen molar-refractivity contribution in [3.63, 3.8) is 0 Å². The fourth-order valence-electron chi connectivity index (χ4n) is 3.41. The fourth-order valence-corrected chi connectivity index (χ4v) is 3.41. The maximum Gasteiger partial charge on any atom is 0.272 e. The number of ketones is 1. The van der Waals surface area contributed by atoms with Gasteiger partial charge in [0.25, 0.3) is 5.91 Å². The highest BCUT2D eigenvalue weighted by atomic mass is 16.2. The number of benzene rings is 2. The van der Waals surface area contributed by atoms with Gasteiger partial charge in [0.2, 0.25) is 0 Å². The Morgan fingerprint density at radius 3 is 2.54 bits per heavy atom. The summed E-state index contributed by atoms with van der Waals surface area (Å²) in [5.74, 6) is -0.0366. The first-order chi connectivity index (χ1) is 13.6. The van der Waals surface area contributed by atoms with Crippen molar-refractivity contribution in [2.75, 3.05) is 11.9 Å². The average Bonchev–Trinajstić information content (AvgIpc) is 2.73. The lowest BCUT2D eigenvalue weighted by atomic mass is 10.00. The highest BCUT2D eigenvalue weighted by Gasteiger charge is 2.22. The standard InChI is InChI=1S/C23H21N3O2/c1-16(27)18-7-4-8-20(13-18)25-21-9-10-22(24-14-21)23(28)26-12-11-17-5-2-3-6-19(17)15-26/h2-10,13-14,25H,11-12,15H2,1H3. The van der Waals surface area contributed by atoms with Gasteiger partial charge >= 0.3 is 0 Å². The molecule has 0 radical (unpaired) electrons. The van der Waals surface area contributed by atoms with Crippen LogP contribution < -0.4 is 5.32 Å². The zero-order chi connectivity index (χ0) is 19.5. The van der Waals surface area contributed by atoms with Crippen molar-refractivity contribution in [3.05, 3.63) is 89.2 Å². The molecule has 1 aliphatic heterocycles. The summed E-state index contributed by atoms with van der Waals surface area (Å²) in [6, 6.07) is 19.1. The molecule has 28 heavy (non-hydrogen) atoms. The van der Waals surface area contributed by atoms with Gasteiger partial charge < -0.3 is 10.2 Å². The first-order valence-electron chi connectivity index (χ1n) is 9.30. The van der Waals surface area contributed by atoms with E-state index in [0.717, 1.165) is 17.8 Å². The fraction of sp³-hybridized carbons (Fsp3) is 0.174. The van der Waals surface area contributed by atoms with Gasteiger partial charge in [0, 0.05) is 24.3 Å². The van der Waals surface area contributed by atoms with Crippen LogP contribution in [-0.4, -0.2) is 28.1 Å². The quantitative estimate of drug-likeness (QED) is 0.697. The van der Waals surface area contributed by atoms with Gasteiger partial charge in [-0.25, -0.2) is 4.98 Å². The van der Waals surface area contributed by atoms with Crippen LogP contribution in [0.4, 0.5) is 11.4 Å². The van der Waals surface area contributed by atoms with Gasteiger partial charge in [-0.15, -0.1) is 0 Å². The second kappa shape index (κ2) is 7.64. The maximum atomic E-state index is 12.8. The number of rotatable bonds is 4. The summed E-state index contributed by atoms with van der Waals surface area (Å²) in [6.07, 6.45) is 2.51. The largest absolute Gasteiger partial charge is 0.354 e. The third kappa shape index (κ3) is 3.78. The second-order valence-corrected chi connectivity index (χ2v) is 6.94. The minimum atomic E-state index is -0.0559. The molecule has 1 aromatic heterocycles. The van der Waals surface area contributed by atoms with Crippen LogP contribution in [0.15, 0.2) is 66.9 Å². The third-order valence-corrected chi connectivity index (χ3v) is 4.96. The average molecular weight is 371 g/mol. The molecule has 0 bridgehead atoms. The van der Waals surface area contributed by atoms with Crippen molar-refractivity contribution >= 4 is 23.1 Å². The molecule has 0 aliphatic carbocycles. The molecule has 3 aromatic rings. The van der Waals surface area contributed by atoms with Gasteiger partial charge in [-0.3, -0.25) is 9.59 Å². The highest BCUT2D eigenvalue weighted by molar-refractivity contribution is 5.95. The Hall–Kier alpha value is -3.47. The molecule has 5 heteroatoms. The molecule has 2 heterocycles. The third-order valence-electron chi connectivity index (χ3n) is 4.96. The minimum absolute atomic E-state index is 0.0193. The molecule has 0 saturated heterocycles. The molecular weight excluding hydrogens is 350 g/mol. The van der Waals surface area contributed by atoms with E-state index in [-0.39, 0.29) is 11.7 Å². The number of fused-ring (bicyclic) bond motifs is 1. The van der Waals surface area contributed by atoms with Gasteiger partial charge in [-0.05, 0) is 48.7 Å². The monoisotopic (exact) mass is 371 g/mol. The van der Waals surface area contributed by atoms with Crippen molar-refractivity contribution in [2.45, 2.75) is 19.9 Å². The molecule has 2 aromatic carbocycles. The van der Waals surface area contributed by atoms with E-state index in [0.29, 0.717) is 24.3 Å². The number of amides is 1. The lowest BCUT2D eigenvalue weighted by Crippen LogP contribution is -2.36. The Morgan fingerprint density at radius 2 is 1.79 bits per heavy atom. The summed E-state index contributed by atoms with van der Waals surface area (Å²) in [7, 11) is 0. The van der Waals surface area contributed by atoms with E-state index in [1.165, 1.54) is 11.1 Å². The number of Topliss-reactive ketones (excluding diaryl/α,β-unsaturated/α-hetero) is 1. The van der Waals surface area contributed by atoms with Gasteiger partial charge in [0.05, 0.1) is 11.9 Å². The van der Waals surface area contributed by atoms with Gasteiger partial charge in [0.1, 0.15) is 5.69 Å². The number of nitrogens with one attached hydrogen (secondary N) is 1. The van der Waals surface area contributed by atoms with Crippen LogP contribution in [0.25, 0.3) is 0 Å². The van der Waals surface area contributed by atoms with E-state index in [1.807, 2.05) is 35.2 Å². The smallest absolute Gasteiger partial charge is 0.272 e. The zero-order valence-corrected chi connectivity index (χ0v) is 15.7. The molecule has 4 rings (SSSR count). The lowest BCUT2D eigenvalue weighted by molar-refractivity contribution is 0.0728.